The van der Waals surface area contributed by atoms with Crippen LogP contribution in [-0.2, 0) is 9.84 Å². The lowest BCUT2D eigenvalue weighted by atomic mass is 10.2. The van der Waals surface area contributed by atoms with Crippen LogP contribution in [0.1, 0.15) is 30.1 Å². The van der Waals surface area contributed by atoms with E-state index in [-0.39, 0.29) is 11.7 Å². The van der Waals surface area contributed by atoms with Crippen LogP contribution in [0.2, 0.25) is 0 Å². The molecule has 1 heterocycles. The Kier molecular flexibility index (Phi) is 6.44. The average Bonchev–Trinajstić information content (AvgIpc) is 2.40. The lowest BCUT2D eigenvalue weighted by Crippen LogP contribution is -2.26. The summed E-state index contributed by atoms with van der Waals surface area (Å²) >= 11 is 0. The molecule has 0 aromatic carbocycles. The molecule has 0 spiro atoms. The lowest BCUT2D eigenvalue weighted by molar-refractivity contribution is 0.0953. The summed E-state index contributed by atoms with van der Waals surface area (Å²) in [5, 5.41) is 5.79. The van der Waals surface area contributed by atoms with Crippen LogP contribution in [0, 0.1) is 0 Å². The van der Waals surface area contributed by atoms with Crippen molar-refractivity contribution >= 4 is 21.6 Å². The van der Waals surface area contributed by atoms with Crippen molar-refractivity contribution in [3.05, 3.63) is 23.9 Å². The molecular formula is C13H21N3O3S. The van der Waals surface area contributed by atoms with Crippen LogP contribution in [-0.4, -0.2) is 44.4 Å². The SMILES string of the molecule is CCCNc1ccc(C(=O)NCCCS(C)(=O)=O)cn1. The number of rotatable bonds is 8. The van der Waals surface area contributed by atoms with Gasteiger partial charge in [-0.15, -0.1) is 0 Å². The summed E-state index contributed by atoms with van der Waals surface area (Å²) in [6, 6.07) is 3.44. The molecule has 0 aliphatic rings. The van der Waals surface area contributed by atoms with Gasteiger partial charge in [0, 0.05) is 25.5 Å². The molecule has 0 fully saturated rings. The van der Waals surface area contributed by atoms with E-state index >= 15 is 0 Å². The monoisotopic (exact) mass is 299 g/mol. The number of sulfone groups is 1. The largest absolute Gasteiger partial charge is 0.370 e. The number of carbonyl (C=O) groups is 1. The summed E-state index contributed by atoms with van der Waals surface area (Å²) in [5.74, 6) is 0.569. The zero-order valence-electron chi connectivity index (χ0n) is 11.8. The maximum absolute atomic E-state index is 11.8. The smallest absolute Gasteiger partial charge is 0.252 e. The van der Waals surface area contributed by atoms with Gasteiger partial charge in [0.05, 0.1) is 11.3 Å². The number of pyridine rings is 1. The molecular weight excluding hydrogens is 278 g/mol. The molecule has 1 aromatic heterocycles. The highest BCUT2D eigenvalue weighted by atomic mass is 32.2. The fraction of sp³-hybridized carbons (Fsp3) is 0.538. The van der Waals surface area contributed by atoms with Crippen LogP contribution in [0.15, 0.2) is 18.3 Å². The predicted octanol–water partition coefficient (Wildman–Crippen LogP) is 1.07. The molecule has 0 unspecified atom stereocenters. The second-order valence-electron chi connectivity index (χ2n) is 4.60. The van der Waals surface area contributed by atoms with E-state index in [1.54, 1.807) is 12.1 Å². The first-order valence-corrected chi connectivity index (χ1v) is 8.64. The fourth-order valence-corrected chi connectivity index (χ4v) is 2.19. The van der Waals surface area contributed by atoms with E-state index in [1.165, 1.54) is 12.5 Å². The molecule has 0 saturated carbocycles. The quantitative estimate of drug-likeness (QED) is 0.701. The summed E-state index contributed by atoms with van der Waals surface area (Å²) in [5.41, 5.74) is 0.464. The molecule has 0 radical (unpaired) electrons. The van der Waals surface area contributed by atoms with E-state index in [4.69, 9.17) is 0 Å². The number of anilines is 1. The van der Waals surface area contributed by atoms with Crippen LogP contribution >= 0.6 is 0 Å². The average molecular weight is 299 g/mol. The molecule has 1 amide bonds. The number of aromatic nitrogens is 1. The maximum Gasteiger partial charge on any atom is 0.252 e. The van der Waals surface area contributed by atoms with Gasteiger partial charge >= 0.3 is 0 Å². The predicted molar refractivity (Wildman–Crippen MR) is 79.7 cm³/mol. The van der Waals surface area contributed by atoms with Crippen molar-refractivity contribution in [2.75, 3.05) is 30.4 Å². The first-order valence-electron chi connectivity index (χ1n) is 6.58. The minimum atomic E-state index is -2.97. The second-order valence-corrected chi connectivity index (χ2v) is 6.86. The van der Waals surface area contributed by atoms with Gasteiger partial charge in [-0.2, -0.15) is 0 Å². The van der Waals surface area contributed by atoms with Crippen molar-refractivity contribution in [3.8, 4) is 0 Å². The van der Waals surface area contributed by atoms with Crippen LogP contribution in [0.3, 0.4) is 0 Å². The van der Waals surface area contributed by atoms with Crippen LogP contribution in [0.4, 0.5) is 5.82 Å². The van der Waals surface area contributed by atoms with E-state index in [1.807, 2.05) is 0 Å². The van der Waals surface area contributed by atoms with Crippen molar-refractivity contribution in [1.29, 1.82) is 0 Å². The van der Waals surface area contributed by atoms with Gasteiger partial charge in [-0.3, -0.25) is 4.79 Å². The summed E-state index contributed by atoms with van der Waals surface area (Å²) in [7, 11) is -2.97. The topological polar surface area (TPSA) is 88.2 Å². The van der Waals surface area contributed by atoms with Gasteiger partial charge in [-0.05, 0) is 25.0 Å². The molecule has 0 bridgehead atoms. The first kappa shape index (κ1) is 16.4. The van der Waals surface area contributed by atoms with Gasteiger partial charge in [-0.25, -0.2) is 13.4 Å². The summed E-state index contributed by atoms with van der Waals surface area (Å²) in [4.78, 5) is 15.9. The molecule has 2 N–H and O–H groups in total. The number of amides is 1. The normalized spacial score (nSPS) is 11.1. The molecule has 6 nitrogen and oxygen atoms in total. The molecule has 20 heavy (non-hydrogen) atoms. The van der Waals surface area contributed by atoms with Crippen LogP contribution in [0.25, 0.3) is 0 Å². The van der Waals surface area contributed by atoms with Crippen molar-refractivity contribution in [3.63, 3.8) is 0 Å². The molecule has 0 saturated heterocycles. The highest BCUT2D eigenvalue weighted by molar-refractivity contribution is 7.90. The van der Waals surface area contributed by atoms with Gasteiger partial charge in [-0.1, -0.05) is 6.92 Å². The second kappa shape index (κ2) is 7.84. The Hall–Kier alpha value is -1.63. The van der Waals surface area contributed by atoms with E-state index in [2.05, 4.69) is 22.5 Å². The molecule has 0 aliphatic carbocycles. The van der Waals surface area contributed by atoms with Crippen molar-refractivity contribution in [2.24, 2.45) is 0 Å². The summed E-state index contributed by atoms with van der Waals surface area (Å²) < 4.78 is 21.9. The van der Waals surface area contributed by atoms with Gasteiger partial charge in [0.1, 0.15) is 15.7 Å². The molecule has 1 rings (SSSR count). The third-order valence-electron chi connectivity index (χ3n) is 2.56. The number of carbonyl (C=O) groups excluding carboxylic acids is 1. The van der Waals surface area contributed by atoms with E-state index < -0.39 is 9.84 Å². The van der Waals surface area contributed by atoms with Gasteiger partial charge in [0.2, 0.25) is 0 Å². The highest BCUT2D eigenvalue weighted by Gasteiger charge is 2.06. The third kappa shape index (κ3) is 6.51. The van der Waals surface area contributed by atoms with Gasteiger partial charge < -0.3 is 10.6 Å². The molecule has 1 aromatic rings. The Morgan fingerprint density at radius 3 is 2.60 bits per heavy atom. The van der Waals surface area contributed by atoms with Gasteiger partial charge in [0.25, 0.3) is 5.91 Å². The van der Waals surface area contributed by atoms with Crippen molar-refractivity contribution in [1.82, 2.24) is 10.3 Å². The molecule has 0 atom stereocenters. The van der Waals surface area contributed by atoms with E-state index in [0.29, 0.717) is 18.5 Å². The molecule has 0 aliphatic heterocycles. The van der Waals surface area contributed by atoms with Gasteiger partial charge in [0.15, 0.2) is 0 Å². The standard InChI is InChI=1S/C13H21N3O3S/c1-3-7-14-12-6-5-11(10-16-12)13(17)15-8-4-9-20(2,18)19/h5-6,10H,3-4,7-9H2,1-2H3,(H,14,16)(H,15,17). The fourth-order valence-electron chi connectivity index (χ4n) is 1.52. The Labute approximate surface area is 119 Å². The number of hydrogen-bond acceptors (Lipinski definition) is 5. The van der Waals surface area contributed by atoms with E-state index in [0.717, 1.165) is 18.8 Å². The molecule has 112 valence electrons. The third-order valence-corrected chi connectivity index (χ3v) is 3.59. The Bertz CT molecular complexity index is 526. The lowest BCUT2D eigenvalue weighted by Gasteiger charge is -2.06. The first-order chi connectivity index (χ1) is 9.42. The minimum absolute atomic E-state index is 0.0748. The summed E-state index contributed by atoms with van der Waals surface area (Å²) in [6.07, 6.45) is 4.10. The van der Waals surface area contributed by atoms with E-state index in [9.17, 15) is 13.2 Å². The highest BCUT2D eigenvalue weighted by Crippen LogP contribution is 2.05. The maximum atomic E-state index is 11.8. The van der Waals surface area contributed by atoms with Crippen LogP contribution in [0.5, 0.6) is 0 Å². The minimum Gasteiger partial charge on any atom is -0.370 e. The number of nitrogens with zero attached hydrogens (tertiary/aromatic N) is 1. The van der Waals surface area contributed by atoms with Crippen molar-refractivity contribution < 1.29 is 13.2 Å². The number of hydrogen-bond donors (Lipinski definition) is 2. The zero-order chi connectivity index (χ0) is 15.0. The van der Waals surface area contributed by atoms with Crippen molar-refractivity contribution in [2.45, 2.75) is 19.8 Å². The Morgan fingerprint density at radius 1 is 1.30 bits per heavy atom. The zero-order valence-corrected chi connectivity index (χ0v) is 12.7. The number of nitrogens with one attached hydrogen (secondary N) is 2. The summed E-state index contributed by atoms with van der Waals surface area (Å²) in [6.45, 7) is 3.23. The van der Waals surface area contributed by atoms with Crippen LogP contribution < -0.4 is 10.6 Å². The molecule has 7 heteroatoms. The Morgan fingerprint density at radius 2 is 2.05 bits per heavy atom. The Balaban J connectivity index is 2.39.